The first-order valence-corrected chi connectivity index (χ1v) is 6.18. The van der Waals surface area contributed by atoms with Crippen LogP contribution in [0.15, 0.2) is 12.1 Å². The minimum absolute atomic E-state index is 0.386. The minimum Gasteiger partial charge on any atom is -0.495 e. The fraction of sp³-hybridized carbons (Fsp3) is 0.538. The zero-order valence-electron chi connectivity index (χ0n) is 9.85. The van der Waals surface area contributed by atoms with Gasteiger partial charge in [-0.05, 0) is 43.5 Å². The normalized spacial score (nSPS) is 20.8. The summed E-state index contributed by atoms with van der Waals surface area (Å²) in [6.07, 6.45) is 3.69. The van der Waals surface area contributed by atoms with E-state index in [0.717, 1.165) is 23.7 Å². The molecule has 0 aromatic heterocycles. The summed E-state index contributed by atoms with van der Waals surface area (Å²) >= 11 is 6.38. The molecule has 1 aliphatic rings. The van der Waals surface area contributed by atoms with Crippen LogP contribution in [0.2, 0.25) is 5.02 Å². The highest BCUT2D eigenvalue weighted by atomic mass is 35.5. The van der Waals surface area contributed by atoms with E-state index in [4.69, 9.17) is 16.3 Å². The molecule has 88 valence electrons. The van der Waals surface area contributed by atoms with Gasteiger partial charge >= 0.3 is 0 Å². The van der Waals surface area contributed by atoms with Gasteiger partial charge in [-0.25, -0.2) is 0 Å². The van der Waals surface area contributed by atoms with Gasteiger partial charge in [0.1, 0.15) is 5.75 Å². The van der Waals surface area contributed by atoms with Crippen molar-refractivity contribution in [3.63, 3.8) is 0 Å². The van der Waals surface area contributed by atoms with Crippen molar-refractivity contribution >= 4 is 11.6 Å². The highest BCUT2D eigenvalue weighted by Gasteiger charge is 2.21. The Bertz CT molecular complexity index is 372. The third kappa shape index (κ3) is 2.18. The van der Waals surface area contributed by atoms with E-state index in [9.17, 15) is 0 Å². The average Bonchev–Trinajstić information content (AvgIpc) is 2.31. The summed E-state index contributed by atoms with van der Waals surface area (Å²) in [6.45, 7) is 3.19. The van der Waals surface area contributed by atoms with Crippen LogP contribution in [0, 0.1) is 6.92 Å². The molecule has 1 saturated heterocycles. The molecule has 2 nitrogen and oxygen atoms in total. The van der Waals surface area contributed by atoms with Crippen molar-refractivity contribution in [3.8, 4) is 5.75 Å². The Morgan fingerprint density at radius 1 is 1.38 bits per heavy atom. The lowest BCUT2D eigenvalue weighted by Gasteiger charge is -2.26. The molecule has 1 atom stereocenters. The first kappa shape index (κ1) is 11.7. The molecule has 16 heavy (non-hydrogen) atoms. The van der Waals surface area contributed by atoms with E-state index in [2.05, 4.69) is 18.3 Å². The van der Waals surface area contributed by atoms with Gasteiger partial charge in [0.25, 0.3) is 0 Å². The van der Waals surface area contributed by atoms with Gasteiger partial charge < -0.3 is 10.1 Å². The summed E-state index contributed by atoms with van der Waals surface area (Å²) in [6, 6.07) is 4.40. The van der Waals surface area contributed by atoms with Crippen molar-refractivity contribution in [2.24, 2.45) is 0 Å². The second-order valence-electron chi connectivity index (χ2n) is 4.31. The molecule has 0 saturated carbocycles. The molecule has 1 fully saturated rings. The van der Waals surface area contributed by atoms with Crippen molar-refractivity contribution in [2.45, 2.75) is 32.2 Å². The van der Waals surface area contributed by atoms with E-state index in [1.807, 2.05) is 6.07 Å². The number of ether oxygens (including phenoxy) is 1. The van der Waals surface area contributed by atoms with Gasteiger partial charge in [-0.3, -0.25) is 0 Å². The van der Waals surface area contributed by atoms with Gasteiger partial charge in [0, 0.05) is 6.04 Å². The monoisotopic (exact) mass is 239 g/mol. The topological polar surface area (TPSA) is 21.3 Å². The molecule has 0 bridgehead atoms. The van der Waals surface area contributed by atoms with Crippen molar-refractivity contribution < 1.29 is 4.74 Å². The number of halogens is 1. The molecule has 0 spiro atoms. The van der Waals surface area contributed by atoms with Crippen molar-refractivity contribution in [1.82, 2.24) is 5.32 Å². The van der Waals surface area contributed by atoms with Gasteiger partial charge in [0.05, 0.1) is 12.1 Å². The summed E-state index contributed by atoms with van der Waals surface area (Å²) in [5.74, 6) is 0.773. The van der Waals surface area contributed by atoms with Gasteiger partial charge in [-0.2, -0.15) is 0 Å². The standard InChI is InChI=1S/C13H18ClNO/c1-9-6-7-11(16-2)13(14)12(9)10-5-3-4-8-15-10/h6-7,10,15H,3-5,8H2,1-2H3. The second kappa shape index (κ2) is 5.07. The number of nitrogens with one attached hydrogen (secondary N) is 1. The Morgan fingerprint density at radius 3 is 2.81 bits per heavy atom. The van der Waals surface area contributed by atoms with E-state index in [0.29, 0.717) is 6.04 Å². The fourth-order valence-corrected chi connectivity index (χ4v) is 2.77. The Balaban J connectivity index is 2.37. The van der Waals surface area contributed by atoms with Crippen LogP contribution < -0.4 is 10.1 Å². The zero-order valence-corrected chi connectivity index (χ0v) is 10.6. The lowest BCUT2D eigenvalue weighted by Crippen LogP contribution is -2.27. The van der Waals surface area contributed by atoms with Crippen LogP contribution >= 0.6 is 11.6 Å². The Kier molecular flexibility index (Phi) is 3.72. The molecule has 1 aliphatic heterocycles. The molecule has 0 aliphatic carbocycles. The minimum atomic E-state index is 0.386. The smallest absolute Gasteiger partial charge is 0.137 e. The maximum absolute atomic E-state index is 6.38. The maximum atomic E-state index is 6.38. The fourth-order valence-electron chi connectivity index (χ4n) is 2.35. The lowest BCUT2D eigenvalue weighted by molar-refractivity contribution is 0.399. The number of piperidine rings is 1. The number of hydrogen-bond acceptors (Lipinski definition) is 2. The first-order chi connectivity index (χ1) is 7.74. The Hall–Kier alpha value is -0.730. The van der Waals surface area contributed by atoms with E-state index in [-0.39, 0.29) is 0 Å². The van der Waals surface area contributed by atoms with Gasteiger partial charge in [0.2, 0.25) is 0 Å². The number of benzene rings is 1. The maximum Gasteiger partial charge on any atom is 0.137 e. The number of rotatable bonds is 2. The van der Waals surface area contributed by atoms with E-state index in [1.165, 1.54) is 24.0 Å². The molecule has 0 amide bonds. The van der Waals surface area contributed by atoms with Crippen LogP contribution in [-0.2, 0) is 0 Å². The summed E-state index contributed by atoms with van der Waals surface area (Å²) in [5, 5.41) is 4.29. The summed E-state index contributed by atoms with van der Waals surface area (Å²) in [5.41, 5.74) is 2.45. The van der Waals surface area contributed by atoms with E-state index < -0.39 is 0 Å². The van der Waals surface area contributed by atoms with E-state index in [1.54, 1.807) is 7.11 Å². The van der Waals surface area contributed by atoms with Gasteiger partial charge in [0.15, 0.2) is 0 Å². The molecular weight excluding hydrogens is 222 g/mol. The summed E-state index contributed by atoms with van der Waals surface area (Å²) < 4.78 is 5.27. The largest absolute Gasteiger partial charge is 0.495 e. The van der Waals surface area contributed by atoms with Crippen LogP contribution in [0.4, 0.5) is 0 Å². The van der Waals surface area contributed by atoms with Crippen LogP contribution in [0.1, 0.15) is 36.4 Å². The molecule has 1 aromatic carbocycles. The Labute approximate surface area is 102 Å². The second-order valence-corrected chi connectivity index (χ2v) is 4.69. The van der Waals surface area contributed by atoms with E-state index >= 15 is 0 Å². The van der Waals surface area contributed by atoms with Crippen molar-refractivity contribution in [1.29, 1.82) is 0 Å². The van der Waals surface area contributed by atoms with Crippen molar-refractivity contribution in [2.75, 3.05) is 13.7 Å². The highest BCUT2D eigenvalue weighted by molar-refractivity contribution is 6.33. The molecule has 1 heterocycles. The summed E-state index contributed by atoms with van der Waals surface area (Å²) in [4.78, 5) is 0. The number of hydrogen-bond donors (Lipinski definition) is 1. The molecule has 2 rings (SSSR count). The van der Waals surface area contributed by atoms with Crippen LogP contribution in [0.25, 0.3) is 0 Å². The first-order valence-electron chi connectivity index (χ1n) is 5.80. The molecule has 0 radical (unpaired) electrons. The zero-order chi connectivity index (χ0) is 11.5. The van der Waals surface area contributed by atoms with Gasteiger partial charge in [-0.15, -0.1) is 0 Å². The predicted octanol–water partition coefficient (Wildman–Crippen LogP) is 3.47. The number of methoxy groups -OCH3 is 1. The van der Waals surface area contributed by atoms with Gasteiger partial charge in [-0.1, -0.05) is 24.1 Å². The third-order valence-electron chi connectivity index (χ3n) is 3.24. The van der Waals surface area contributed by atoms with Crippen LogP contribution in [0.3, 0.4) is 0 Å². The lowest BCUT2D eigenvalue weighted by atomic mass is 9.94. The molecular formula is C13H18ClNO. The van der Waals surface area contributed by atoms with Crippen LogP contribution in [-0.4, -0.2) is 13.7 Å². The number of aryl methyl sites for hydroxylation is 1. The molecule has 1 unspecified atom stereocenters. The quantitative estimate of drug-likeness (QED) is 0.853. The summed E-state index contributed by atoms with van der Waals surface area (Å²) in [7, 11) is 1.66. The highest BCUT2D eigenvalue weighted by Crippen LogP contribution is 2.37. The Morgan fingerprint density at radius 2 is 2.19 bits per heavy atom. The van der Waals surface area contributed by atoms with Crippen molar-refractivity contribution in [3.05, 3.63) is 28.3 Å². The molecule has 3 heteroatoms. The van der Waals surface area contributed by atoms with Crippen LogP contribution in [0.5, 0.6) is 5.75 Å². The average molecular weight is 240 g/mol. The third-order valence-corrected chi connectivity index (χ3v) is 3.63. The predicted molar refractivity (Wildman–Crippen MR) is 67.3 cm³/mol. The molecule has 1 aromatic rings. The molecule has 1 N–H and O–H groups in total. The SMILES string of the molecule is COc1ccc(C)c(C2CCCCN2)c1Cl.